The van der Waals surface area contributed by atoms with Crippen molar-refractivity contribution in [3.8, 4) is 0 Å². The zero-order valence-electron chi connectivity index (χ0n) is 17.1. The van der Waals surface area contributed by atoms with E-state index in [1.165, 1.54) is 5.52 Å². The summed E-state index contributed by atoms with van der Waals surface area (Å²) in [5.74, 6) is 1.89. The van der Waals surface area contributed by atoms with Gasteiger partial charge < -0.3 is 24.7 Å². The maximum absolute atomic E-state index is 5.70. The van der Waals surface area contributed by atoms with E-state index in [1.54, 1.807) is 0 Å². The number of hydrogen-bond donors (Lipinski definition) is 2. The van der Waals surface area contributed by atoms with E-state index in [2.05, 4.69) is 57.2 Å². The number of aromatic nitrogens is 2. The topological polar surface area (TPSA) is 72.7 Å². The molecule has 7 nitrogen and oxygen atoms in total. The molecule has 1 saturated heterocycles. The van der Waals surface area contributed by atoms with Gasteiger partial charge in [0.1, 0.15) is 5.82 Å². The van der Waals surface area contributed by atoms with Crippen molar-refractivity contribution in [2.75, 3.05) is 39.5 Å². The van der Waals surface area contributed by atoms with Crippen LogP contribution in [0.5, 0.6) is 0 Å². The summed E-state index contributed by atoms with van der Waals surface area (Å²) in [5, 5.41) is 6.72. The number of hydrogen-bond acceptors (Lipinski definition) is 4. The van der Waals surface area contributed by atoms with Crippen LogP contribution in [0.1, 0.15) is 32.0 Å². The molecule has 0 saturated carbocycles. The summed E-state index contributed by atoms with van der Waals surface area (Å²) in [6, 6.07) is 8.25. The first-order valence-corrected chi connectivity index (χ1v) is 10.4. The number of guanidine groups is 1. The van der Waals surface area contributed by atoms with E-state index in [-0.39, 0.29) is 0 Å². The largest absolute Gasteiger partial charge is 0.379 e. The van der Waals surface area contributed by atoms with Crippen molar-refractivity contribution in [3.05, 3.63) is 30.1 Å². The van der Waals surface area contributed by atoms with Crippen molar-refractivity contribution in [1.82, 2.24) is 20.2 Å². The van der Waals surface area contributed by atoms with E-state index in [0.29, 0.717) is 12.7 Å². The minimum absolute atomic E-state index is 0.296. The Morgan fingerprint density at radius 2 is 2.25 bits per heavy atom. The number of nitrogens with zero attached hydrogens (tertiary/aromatic N) is 3. The Balaban J connectivity index is 1.39. The Kier molecular flexibility index (Phi) is 8.11. The van der Waals surface area contributed by atoms with Crippen LogP contribution in [0, 0.1) is 6.92 Å². The molecule has 1 aliphatic rings. The zero-order chi connectivity index (χ0) is 19.6. The van der Waals surface area contributed by atoms with Gasteiger partial charge in [0.2, 0.25) is 0 Å². The number of imidazole rings is 1. The third-order valence-corrected chi connectivity index (χ3v) is 4.86. The Morgan fingerprint density at radius 3 is 3.07 bits per heavy atom. The van der Waals surface area contributed by atoms with Gasteiger partial charge in [-0.2, -0.15) is 0 Å². The van der Waals surface area contributed by atoms with Gasteiger partial charge in [0, 0.05) is 39.4 Å². The molecule has 2 heterocycles. The molecule has 0 spiro atoms. The van der Waals surface area contributed by atoms with Crippen molar-refractivity contribution >= 4 is 17.0 Å². The van der Waals surface area contributed by atoms with Crippen molar-refractivity contribution in [2.45, 2.75) is 45.8 Å². The van der Waals surface area contributed by atoms with Crippen LogP contribution in [0.25, 0.3) is 11.0 Å². The van der Waals surface area contributed by atoms with Gasteiger partial charge in [0.15, 0.2) is 5.96 Å². The molecule has 0 bridgehead atoms. The molecule has 2 aromatic rings. The van der Waals surface area contributed by atoms with Crippen molar-refractivity contribution in [1.29, 1.82) is 0 Å². The molecule has 154 valence electrons. The molecule has 1 aliphatic heterocycles. The third-order valence-electron chi connectivity index (χ3n) is 4.86. The highest BCUT2D eigenvalue weighted by molar-refractivity contribution is 5.79. The number of rotatable bonds is 10. The molecule has 1 atom stereocenters. The molecule has 1 aromatic heterocycles. The highest BCUT2D eigenvalue weighted by atomic mass is 16.5. The molecule has 1 fully saturated rings. The van der Waals surface area contributed by atoms with Crippen LogP contribution in [-0.2, 0) is 16.0 Å². The summed E-state index contributed by atoms with van der Waals surface area (Å²) in [5.41, 5.74) is 2.22. The van der Waals surface area contributed by atoms with Crippen LogP contribution < -0.4 is 10.6 Å². The molecule has 2 N–H and O–H groups in total. The summed E-state index contributed by atoms with van der Waals surface area (Å²) < 4.78 is 13.5. The Bertz CT molecular complexity index is 752. The molecule has 3 rings (SSSR count). The fourth-order valence-corrected chi connectivity index (χ4v) is 3.45. The Morgan fingerprint density at radius 1 is 1.36 bits per heavy atom. The number of fused-ring (bicyclic) bond motifs is 1. The Hall–Kier alpha value is -2.12. The third kappa shape index (κ3) is 5.94. The fourth-order valence-electron chi connectivity index (χ4n) is 3.45. The van der Waals surface area contributed by atoms with Gasteiger partial charge in [-0.25, -0.2) is 4.98 Å². The first kappa shape index (κ1) is 20.6. The highest BCUT2D eigenvalue weighted by Crippen LogP contribution is 2.14. The van der Waals surface area contributed by atoms with E-state index in [0.717, 1.165) is 76.0 Å². The molecular formula is C21H33N5O2. The second-order valence-corrected chi connectivity index (χ2v) is 7.05. The lowest BCUT2D eigenvalue weighted by Crippen LogP contribution is -2.39. The molecule has 7 heteroatoms. The van der Waals surface area contributed by atoms with E-state index >= 15 is 0 Å². The van der Waals surface area contributed by atoms with Crippen LogP contribution in [0.4, 0.5) is 0 Å². The lowest BCUT2D eigenvalue weighted by Gasteiger charge is -2.13. The maximum Gasteiger partial charge on any atom is 0.191 e. The number of aliphatic imine (C=N–C) groups is 1. The van der Waals surface area contributed by atoms with E-state index in [9.17, 15) is 0 Å². The van der Waals surface area contributed by atoms with Gasteiger partial charge in [0.05, 0.1) is 23.7 Å². The molecule has 0 amide bonds. The van der Waals surface area contributed by atoms with E-state index < -0.39 is 0 Å². The summed E-state index contributed by atoms with van der Waals surface area (Å²) in [7, 11) is 0. The second-order valence-electron chi connectivity index (χ2n) is 7.05. The first-order valence-electron chi connectivity index (χ1n) is 10.4. The molecular weight excluding hydrogens is 354 g/mol. The number of ether oxygens (including phenoxy) is 2. The number of benzene rings is 1. The van der Waals surface area contributed by atoms with Crippen LogP contribution in [0.3, 0.4) is 0 Å². The predicted octanol–water partition coefficient (Wildman–Crippen LogP) is 2.49. The van der Waals surface area contributed by atoms with Gasteiger partial charge >= 0.3 is 0 Å². The van der Waals surface area contributed by atoms with Gasteiger partial charge in [0.25, 0.3) is 0 Å². The average Bonchev–Trinajstić information content (AvgIpc) is 3.32. The lowest BCUT2D eigenvalue weighted by atomic mass is 10.2. The number of para-hydroxylation sites is 2. The summed E-state index contributed by atoms with van der Waals surface area (Å²) in [4.78, 5) is 9.26. The van der Waals surface area contributed by atoms with Gasteiger partial charge in [-0.1, -0.05) is 12.1 Å². The quantitative estimate of drug-likeness (QED) is 0.372. The second kappa shape index (κ2) is 11.0. The molecule has 0 radical (unpaired) electrons. The summed E-state index contributed by atoms with van der Waals surface area (Å²) >= 11 is 0. The van der Waals surface area contributed by atoms with Crippen molar-refractivity contribution < 1.29 is 9.47 Å². The molecule has 1 aromatic carbocycles. The van der Waals surface area contributed by atoms with Gasteiger partial charge in [-0.05, 0) is 45.2 Å². The predicted molar refractivity (Wildman–Crippen MR) is 113 cm³/mol. The van der Waals surface area contributed by atoms with Crippen LogP contribution in [0.2, 0.25) is 0 Å². The molecule has 1 unspecified atom stereocenters. The summed E-state index contributed by atoms with van der Waals surface area (Å²) in [6.45, 7) is 9.67. The van der Waals surface area contributed by atoms with Gasteiger partial charge in [-0.3, -0.25) is 4.99 Å². The lowest BCUT2D eigenvalue weighted by molar-refractivity contribution is 0.0171. The van der Waals surface area contributed by atoms with E-state index in [1.807, 2.05) is 6.07 Å². The van der Waals surface area contributed by atoms with Crippen LogP contribution >= 0.6 is 0 Å². The Labute approximate surface area is 167 Å². The number of aryl methyl sites for hydroxylation is 1. The monoisotopic (exact) mass is 387 g/mol. The normalized spacial score (nSPS) is 17.4. The average molecular weight is 388 g/mol. The summed E-state index contributed by atoms with van der Waals surface area (Å²) in [6.07, 6.45) is 3.49. The van der Waals surface area contributed by atoms with Crippen molar-refractivity contribution in [3.63, 3.8) is 0 Å². The SMILES string of the molecule is CCNC(=NCCCOCC1CCCO1)NCCn1c(C)nc2ccccc21. The first-order chi connectivity index (χ1) is 13.8. The number of nitrogens with one attached hydrogen (secondary N) is 2. The smallest absolute Gasteiger partial charge is 0.191 e. The van der Waals surface area contributed by atoms with Crippen molar-refractivity contribution in [2.24, 2.45) is 4.99 Å². The van der Waals surface area contributed by atoms with Gasteiger partial charge in [-0.15, -0.1) is 0 Å². The zero-order valence-corrected chi connectivity index (χ0v) is 17.1. The molecule has 0 aliphatic carbocycles. The van der Waals surface area contributed by atoms with Crippen LogP contribution in [-0.4, -0.2) is 61.1 Å². The van der Waals surface area contributed by atoms with Crippen LogP contribution in [0.15, 0.2) is 29.3 Å². The minimum atomic E-state index is 0.296. The highest BCUT2D eigenvalue weighted by Gasteiger charge is 2.14. The van der Waals surface area contributed by atoms with E-state index in [4.69, 9.17) is 9.47 Å². The maximum atomic E-state index is 5.70. The minimum Gasteiger partial charge on any atom is -0.379 e. The molecule has 28 heavy (non-hydrogen) atoms. The fraction of sp³-hybridized carbons (Fsp3) is 0.619. The standard InChI is InChI=1S/C21H33N5O2/c1-3-22-21(23-11-7-14-27-16-18-8-6-15-28-18)24-12-13-26-17(2)25-19-9-4-5-10-20(19)26/h4-5,9-10,18H,3,6-8,11-16H2,1-2H3,(H2,22,23,24).